The third-order valence-corrected chi connectivity index (χ3v) is 3.01. The van der Waals surface area contributed by atoms with Crippen LogP contribution in [0.3, 0.4) is 0 Å². The Morgan fingerprint density at radius 2 is 1.86 bits per heavy atom. The summed E-state index contributed by atoms with van der Waals surface area (Å²) >= 11 is 0. The van der Waals surface area contributed by atoms with E-state index in [0.29, 0.717) is 12.0 Å². The zero-order valence-electron chi connectivity index (χ0n) is 9.16. The molecule has 1 aromatic carbocycles. The monoisotopic (exact) mass is 190 g/mol. The lowest BCUT2D eigenvalue weighted by Gasteiger charge is -2.16. The second-order valence-electron chi connectivity index (χ2n) is 4.80. The van der Waals surface area contributed by atoms with Gasteiger partial charge in [-0.3, -0.25) is 0 Å². The van der Waals surface area contributed by atoms with Gasteiger partial charge in [0.2, 0.25) is 0 Å². The van der Waals surface area contributed by atoms with Crippen molar-refractivity contribution >= 4 is 0 Å². The molecule has 2 atom stereocenters. The number of hydrogen-bond donors (Lipinski definition) is 0. The normalized spacial score (nSPS) is 30.5. The van der Waals surface area contributed by atoms with Crippen molar-refractivity contribution in [2.75, 3.05) is 0 Å². The molecule has 1 aromatic rings. The maximum absolute atomic E-state index is 5.92. The van der Waals surface area contributed by atoms with Crippen LogP contribution >= 0.6 is 0 Å². The minimum absolute atomic E-state index is 0.0416. The first-order valence-corrected chi connectivity index (χ1v) is 5.31. The van der Waals surface area contributed by atoms with Crippen LogP contribution in [-0.2, 0) is 4.74 Å². The molecular weight excluding hydrogens is 172 g/mol. The van der Waals surface area contributed by atoms with Gasteiger partial charge in [-0.25, -0.2) is 0 Å². The highest BCUT2D eigenvalue weighted by molar-refractivity contribution is 5.22. The quantitative estimate of drug-likeness (QED) is 0.659. The van der Waals surface area contributed by atoms with E-state index in [4.69, 9.17) is 4.74 Å². The van der Waals surface area contributed by atoms with Crippen LogP contribution in [0, 0.1) is 0 Å². The lowest BCUT2D eigenvalue weighted by Crippen LogP contribution is -2.18. The molecule has 0 amide bonds. The minimum Gasteiger partial charge on any atom is -0.372 e. The van der Waals surface area contributed by atoms with E-state index in [-0.39, 0.29) is 5.60 Å². The third-order valence-electron chi connectivity index (χ3n) is 3.01. The summed E-state index contributed by atoms with van der Waals surface area (Å²) in [5, 5.41) is 0. The molecule has 0 aromatic heterocycles. The maximum Gasteiger partial charge on any atom is 0.0637 e. The predicted molar refractivity (Wildman–Crippen MR) is 58.4 cm³/mol. The summed E-state index contributed by atoms with van der Waals surface area (Å²) in [4.78, 5) is 0. The molecule has 0 N–H and O–H groups in total. The van der Waals surface area contributed by atoms with Crippen molar-refractivity contribution in [1.29, 1.82) is 0 Å². The molecule has 0 spiro atoms. The van der Waals surface area contributed by atoms with Gasteiger partial charge >= 0.3 is 0 Å². The Labute approximate surface area is 86.1 Å². The molecule has 0 radical (unpaired) electrons. The largest absolute Gasteiger partial charge is 0.372 e. The number of hydrogen-bond acceptors (Lipinski definition) is 1. The fourth-order valence-electron chi connectivity index (χ4n) is 2.42. The van der Waals surface area contributed by atoms with Gasteiger partial charge in [0, 0.05) is 5.92 Å². The van der Waals surface area contributed by atoms with E-state index in [2.05, 4.69) is 51.1 Å². The molecule has 76 valence electrons. The van der Waals surface area contributed by atoms with E-state index in [1.807, 2.05) is 0 Å². The Morgan fingerprint density at radius 3 is 2.36 bits per heavy atom. The zero-order chi connectivity index (χ0) is 10.2. The van der Waals surface area contributed by atoms with Gasteiger partial charge in [0.15, 0.2) is 0 Å². The summed E-state index contributed by atoms with van der Waals surface area (Å²) in [6, 6.07) is 10.7. The molecule has 1 heteroatoms. The highest BCUT2D eigenvalue weighted by Crippen LogP contribution is 2.40. The summed E-state index contributed by atoms with van der Waals surface area (Å²) in [5.41, 5.74) is 1.45. The molecule has 0 saturated carbocycles. The Hall–Kier alpha value is -0.820. The number of ether oxygens (including phenoxy) is 1. The van der Waals surface area contributed by atoms with Crippen LogP contribution in [0.1, 0.15) is 38.7 Å². The van der Waals surface area contributed by atoms with E-state index < -0.39 is 0 Å². The molecule has 1 nitrogen and oxygen atoms in total. The van der Waals surface area contributed by atoms with E-state index in [0.717, 1.165) is 6.42 Å². The third kappa shape index (κ3) is 1.83. The predicted octanol–water partition coefficient (Wildman–Crippen LogP) is 3.36. The van der Waals surface area contributed by atoms with Gasteiger partial charge in [0.1, 0.15) is 0 Å². The fourth-order valence-corrected chi connectivity index (χ4v) is 2.42. The van der Waals surface area contributed by atoms with E-state index in [9.17, 15) is 0 Å². The Bertz CT molecular complexity index is 302. The van der Waals surface area contributed by atoms with Gasteiger partial charge in [-0.05, 0) is 32.8 Å². The van der Waals surface area contributed by atoms with Crippen molar-refractivity contribution in [3.63, 3.8) is 0 Å². The second kappa shape index (κ2) is 3.39. The summed E-state index contributed by atoms with van der Waals surface area (Å²) in [6.07, 6.45) is 1.46. The Balaban J connectivity index is 2.21. The second-order valence-corrected chi connectivity index (χ2v) is 4.80. The van der Waals surface area contributed by atoms with Crippen molar-refractivity contribution in [3.8, 4) is 0 Å². The van der Waals surface area contributed by atoms with Gasteiger partial charge in [0.25, 0.3) is 0 Å². The highest BCUT2D eigenvalue weighted by atomic mass is 16.5. The summed E-state index contributed by atoms with van der Waals surface area (Å²) in [6.45, 7) is 6.52. The van der Waals surface area contributed by atoms with Gasteiger partial charge in [-0.15, -0.1) is 0 Å². The van der Waals surface area contributed by atoms with Crippen LogP contribution in [-0.4, -0.2) is 11.7 Å². The molecule has 0 aliphatic carbocycles. The van der Waals surface area contributed by atoms with Crippen molar-refractivity contribution in [3.05, 3.63) is 35.9 Å². The molecule has 1 aliphatic heterocycles. The molecule has 14 heavy (non-hydrogen) atoms. The summed E-state index contributed by atoms with van der Waals surface area (Å²) in [7, 11) is 0. The van der Waals surface area contributed by atoms with Gasteiger partial charge in [0.05, 0.1) is 11.7 Å². The first-order valence-electron chi connectivity index (χ1n) is 5.31. The van der Waals surface area contributed by atoms with Crippen molar-refractivity contribution < 1.29 is 4.74 Å². The Morgan fingerprint density at radius 1 is 1.21 bits per heavy atom. The van der Waals surface area contributed by atoms with Gasteiger partial charge < -0.3 is 4.74 Å². The van der Waals surface area contributed by atoms with Crippen molar-refractivity contribution in [2.24, 2.45) is 0 Å². The van der Waals surface area contributed by atoms with Crippen LogP contribution in [0.4, 0.5) is 0 Å². The van der Waals surface area contributed by atoms with Crippen LogP contribution in [0.2, 0.25) is 0 Å². The van der Waals surface area contributed by atoms with Crippen molar-refractivity contribution in [2.45, 2.75) is 44.8 Å². The summed E-state index contributed by atoms with van der Waals surface area (Å²) < 4.78 is 5.92. The van der Waals surface area contributed by atoms with E-state index in [1.165, 1.54) is 5.56 Å². The van der Waals surface area contributed by atoms with Crippen LogP contribution in [0.15, 0.2) is 30.3 Å². The maximum atomic E-state index is 5.92. The lowest BCUT2D eigenvalue weighted by atomic mass is 9.88. The molecule has 2 rings (SSSR count). The van der Waals surface area contributed by atoms with Crippen LogP contribution in [0.25, 0.3) is 0 Å². The van der Waals surface area contributed by atoms with E-state index >= 15 is 0 Å². The average Bonchev–Trinajstić information content (AvgIpc) is 2.41. The SMILES string of the molecule is CC1OC(C)(C)CC1c1ccccc1. The molecule has 1 saturated heterocycles. The number of rotatable bonds is 1. The average molecular weight is 190 g/mol. The van der Waals surface area contributed by atoms with Gasteiger partial charge in [-0.1, -0.05) is 30.3 Å². The molecular formula is C13H18O. The topological polar surface area (TPSA) is 9.23 Å². The first-order chi connectivity index (χ1) is 6.58. The summed E-state index contributed by atoms with van der Waals surface area (Å²) in [5.74, 6) is 0.561. The van der Waals surface area contributed by atoms with E-state index in [1.54, 1.807) is 0 Å². The Kier molecular flexibility index (Phi) is 2.36. The number of benzene rings is 1. The van der Waals surface area contributed by atoms with Gasteiger partial charge in [-0.2, -0.15) is 0 Å². The van der Waals surface area contributed by atoms with Crippen LogP contribution in [0.5, 0.6) is 0 Å². The first kappa shape index (κ1) is 9.72. The smallest absolute Gasteiger partial charge is 0.0637 e. The molecule has 1 fully saturated rings. The standard InChI is InChI=1S/C13H18O/c1-10-12(9-13(2,3)14-10)11-7-5-4-6-8-11/h4-8,10,12H,9H2,1-3H3. The fraction of sp³-hybridized carbons (Fsp3) is 0.538. The molecule has 0 bridgehead atoms. The highest BCUT2D eigenvalue weighted by Gasteiger charge is 2.38. The van der Waals surface area contributed by atoms with Crippen molar-refractivity contribution in [1.82, 2.24) is 0 Å². The molecule has 1 heterocycles. The zero-order valence-corrected chi connectivity index (χ0v) is 9.16. The lowest BCUT2D eigenvalue weighted by molar-refractivity contribution is -0.00852. The van der Waals surface area contributed by atoms with Crippen LogP contribution < -0.4 is 0 Å². The minimum atomic E-state index is 0.0416. The molecule has 1 aliphatic rings. The molecule has 2 unspecified atom stereocenters.